The van der Waals surface area contributed by atoms with Crippen LogP contribution in [-0.4, -0.2) is 148 Å². The maximum atomic E-state index is 12.0. The number of hydrogen-bond donors (Lipinski definition) is 3. The number of anilines is 2. The minimum Gasteiger partial charge on any atom is -1.00 e. The fourth-order valence-corrected chi connectivity index (χ4v) is 11.8. The summed E-state index contributed by atoms with van der Waals surface area (Å²) in [5, 5.41) is 21.3. The van der Waals surface area contributed by atoms with Gasteiger partial charge in [-0.05, 0) is 100 Å². The molecule has 4 aliphatic rings. The van der Waals surface area contributed by atoms with Crippen molar-refractivity contribution >= 4 is 98.2 Å². The molecular weight excluding hydrogens is 855 g/mol. The number of rotatable bonds is 11. The molecule has 17 heteroatoms. The number of aliphatic hydroxyl groups excluding tert-OH is 1. The monoisotopic (exact) mass is 920 g/mol. The molecule has 340 valence electrons. The van der Waals surface area contributed by atoms with Crippen LogP contribution in [0.3, 0.4) is 0 Å². The second-order valence-electron chi connectivity index (χ2n) is 16.7. The second kappa shape index (κ2) is 24.2. The van der Waals surface area contributed by atoms with Gasteiger partial charge < -0.3 is 31.4 Å². The van der Waals surface area contributed by atoms with Crippen LogP contribution in [0.15, 0.2) is 49.1 Å². The number of thiophene rings is 2. The topological polar surface area (TPSA) is 147 Å². The molecule has 4 fully saturated rings. The molecule has 64 heavy (non-hydrogen) atoms. The zero-order valence-corrected chi connectivity index (χ0v) is 37.8. The van der Waals surface area contributed by atoms with E-state index >= 15 is 0 Å². The molecule has 0 spiro atoms. The van der Waals surface area contributed by atoms with Crippen molar-refractivity contribution < 1.29 is 44.4 Å². The zero-order chi connectivity index (χ0) is 41.5. The van der Waals surface area contributed by atoms with Crippen LogP contribution >= 0.6 is 22.7 Å². The number of aromatic nitrogens is 4. The van der Waals surface area contributed by atoms with Crippen LogP contribution in [0.5, 0.6) is 0 Å². The van der Waals surface area contributed by atoms with Crippen LogP contribution in [0.2, 0.25) is 0 Å². The largest absolute Gasteiger partial charge is 1.00 e. The molecule has 0 bridgehead atoms. The van der Waals surface area contributed by atoms with Crippen molar-refractivity contribution in [1.29, 1.82) is 0 Å². The van der Waals surface area contributed by atoms with E-state index in [0.717, 1.165) is 119 Å². The minimum absolute atomic E-state index is 0. The van der Waals surface area contributed by atoms with Gasteiger partial charge in [0.25, 0.3) is 0 Å². The van der Waals surface area contributed by atoms with Crippen molar-refractivity contribution in [2.45, 2.75) is 103 Å². The van der Waals surface area contributed by atoms with E-state index in [-0.39, 0.29) is 64.1 Å². The third-order valence-corrected chi connectivity index (χ3v) is 15.1. The third-order valence-electron chi connectivity index (χ3n) is 12.9. The van der Waals surface area contributed by atoms with Gasteiger partial charge in [0.05, 0.1) is 50.2 Å². The van der Waals surface area contributed by atoms with Gasteiger partial charge in [0.2, 0.25) is 0 Å². The summed E-state index contributed by atoms with van der Waals surface area (Å²) in [6.45, 7) is 10.1. The van der Waals surface area contributed by atoms with Crippen molar-refractivity contribution in [3.63, 3.8) is 0 Å². The van der Waals surface area contributed by atoms with E-state index in [2.05, 4.69) is 70.7 Å². The summed E-state index contributed by atoms with van der Waals surface area (Å²) in [5.41, 5.74) is 2.11. The van der Waals surface area contributed by atoms with E-state index < -0.39 is 0 Å². The smallest absolute Gasteiger partial charge is 1.00 e. The standard InChI is InChI=1S/C24H30N4O3S.C22H28N4O2S.CH4.Al.Li.4H/c1-2-31-21(29)14-16-3-8-20-19(13-16)22-23(25-15-26-24(22)32-20)27-17-4-6-18(7-5-17)28-9-11-30-12-10-28;27-10-7-15-1-6-19-18(13-15)20-21(23-14-24-22(20)29-19)25-16-2-4-17(5-3-16)26-8-11-28-12-9-26;;;;;;;/h3,8,13,15,17-18H,2,4-7,9-12,14H2,1H3,(H,25,26,27);1,6,13-14,16-17,27H,2-5,7-12H2,(H,23,24,25);1H4;;;;;;/q;;;;+1;;;;-1. The average molecular weight is 921 g/mol. The van der Waals surface area contributed by atoms with Gasteiger partial charge in [-0.3, -0.25) is 14.6 Å². The number of hydrogen-bond acceptors (Lipinski definition) is 15. The third kappa shape index (κ3) is 11.9. The molecule has 0 atom stereocenters. The van der Waals surface area contributed by atoms with Crippen molar-refractivity contribution in [3.8, 4) is 0 Å². The molecule has 0 amide bonds. The first-order valence-corrected chi connectivity index (χ1v) is 23.9. The summed E-state index contributed by atoms with van der Waals surface area (Å²) in [5.74, 6) is 1.67. The molecule has 2 aliphatic heterocycles. The molecule has 10 rings (SSSR count). The first kappa shape index (κ1) is 50.5. The van der Waals surface area contributed by atoms with E-state index in [0.29, 0.717) is 37.2 Å². The summed E-state index contributed by atoms with van der Waals surface area (Å²) in [4.78, 5) is 37.4. The number of fused-ring (bicyclic) bond motifs is 6. The quantitative estimate of drug-likeness (QED) is 0.127. The van der Waals surface area contributed by atoms with Gasteiger partial charge in [-0.2, -0.15) is 0 Å². The summed E-state index contributed by atoms with van der Waals surface area (Å²) in [7, 11) is 0. The number of morpholine rings is 2. The van der Waals surface area contributed by atoms with Crippen LogP contribution in [0.4, 0.5) is 11.6 Å². The number of carbonyl (C=O) groups excluding carboxylic acids is 1. The summed E-state index contributed by atoms with van der Waals surface area (Å²) < 4.78 is 18.5. The number of carbonyl (C=O) groups is 1. The van der Waals surface area contributed by atoms with Gasteiger partial charge >= 0.3 is 24.8 Å². The van der Waals surface area contributed by atoms with Gasteiger partial charge in [-0.1, -0.05) is 19.6 Å². The first-order valence-electron chi connectivity index (χ1n) is 22.3. The summed E-state index contributed by atoms with van der Waals surface area (Å²) in [6, 6.07) is 14.9. The minimum atomic E-state index is -0.196. The Morgan fingerprint density at radius 2 is 1.19 bits per heavy atom. The number of nitrogens with one attached hydrogen (secondary N) is 2. The van der Waals surface area contributed by atoms with E-state index in [1.54, 1.807) is 35.3 Å². The fraction of sp³-hybridized carbons (Fsp3) is 0.553. The van der Waals surface area contributed by atoms with E-state index in [1.165, 1.54) is 48.6 Å². The maximum Gasteiger partial charge on any atom is 1.00 e. The van der Waals surface area contributed by atoms with E-state index in [9.17, 15) is 9.90 Å². The molecular formula is C47H66AlLiN8O5S2. The Balaban J connectivity index is 0.000000231. The van der Waals surface area contributed by atoms with Gasteiger partial charge in [0.1, 0.15) is 34.0 Å². The normalized spacial score (nSPS) is 21.8. The molecule has 2 saturated carbocycles. The molecule has 2 aromatic carbocycles. The van der Waals surface area contributed by atoms with Crippen molar-refractivity contribution in [3.05, 3.63) is 60.2 Å². The van der Waals surface area contributed by atoms with Gasteiger partial charge in [-0.15, -0.1) is 22.7 Å². The SMILES string of the molecule is C.CCOC(=O)Cc1ccc2sc3ncnc(NC4CCC(N5CCOCC5)CC4)c3c2c1.OCCc1ccc2sc3ncnc(NC4CCC(N5CCOCC5)CC4)c3c2c1.[AlH3].[H-].[Li+]. The van der Waals surface area contributed by atoms with Crippen LogP contribution in [0.25, 0.3) is 40.6 Å². The number of ether oxygens (including phenoxy) is 3. The van der Waals surface area contributed by atoms with Crippen LogP contribution < -0.4 is 29.5 Å². The molecule has 13 nitrogen and oxygen atoms in total. The van der Waals surface area contributed by atoms with Gasteiger partial charge in [-0.25, -0.2) is 19.9 Å². The molecule has 2 saturated heterocycles. The van der Waals surface area contributed by atoms with E-state index in [1.807, 2.05) is 13.0 Å². The second-order valence-corrected chi connectivity index (χ2v) is 18.8. The molecule has 0 radical (unpaired) electrons. The molecule has 3 N–H and O–H groups in total. The van der Waals surface area contributed by atoms with Crippen LogP contribution in [0.1, 0.15) is 78.3 Å². The summed E-state index contributed by atoms with van der Waals surface area (Å²) >= 11 is 3.38. The molecule has 6 aromatic rings. The van der Waals surface area contributed by atoms with E-state index in [4.69, 9.17) is 14.2 Å². The fourth-order valence-electron chi connectivity index (χ4n) is 9.75. The summed E-state index contributed by atoms with van der Waals surface area (Å²) in [6.07, 6.45) is 13.8. The van der Waals surface area contributed by atoms with Crippen LogP contribution in [-0.2, 0) is 31.8 Å². The number of nitrogens with zero attached hydrogens (tertiary/aromatic N) is 6. The zero-order valence-electron chi connectivity index (χ0n) is 37.2. The molecule has 0 unspecified atom stereocenters. The van der Waals surface area contributed by atoms with Crippen molar-refractivity contribution in [2.75, 3.05) is 76.5 Å². The Bertz CT molecular complexity index is 2420. The Hall–Kier alpha value is -2.96. The molecule has 4 aromatic heterocycles. The van der Waals surface area contributed by atoms with Gasteiger partial charge in [0.15, 0.2) is 17.4 Å². The average Bonchev–Trinajstić information content (AvgIpc) is 3.87. The number of aliphatic hydroxyl groups is 1. The first-order chi connectivity index (χ1) is 30.0. The molecule has 6 heterocycles. The van der Waals surface area contributed by atoms with Crippen LogP contribution in [0, 0.1) is 0 Å². The van der Waals surface area contributed by atoms with Crippen molar-refractivity contribution in [2.24, 2.45) is 0 Å². The maximum absolute atomic E-state index is 12.0. The Labute approximate surface area is 409 Å². The Morgan fingerprint density at radius 3 is 1.64 bits per heavy atom. The number of benzene rings is 2. The Morgan fingerprint density at radius 1 is 0.734 bits per heavy atom. The predicted octanol–water partition coefficient (Wildman–Crippen LogP) is 4.01. The van der Waals surface area contributed by atoms with Gasteiger partial charge in [0, 0.05) is 77.1 Å². The predicted molar refractivity (Wildman–Crippen MR) is 263 cm³/mol. The Kier molecular flexibility index (Phi) is 19.1. The molecule has 2 aliphatic carbocycles. The number of esters is 1. The van der Waals surface area contributed by atoms with Crippen molar-refractivity contribution in [1.82, 2.24) is 29.7 Å².